The summed E-state index contributed by atoms with van der Waals surface area (Å²) in [4.78, 5) is -0.641. The third-order valence-electron chi connectivity index (χ3n) is 2.92. The number of rotatable bonds is 3. The van der Waals surface area contributed by atoms with E-state index in [0.717, 1.165) is 0 Å². The zero-order chi connectivity index (χ0) is 15.2. The Labute approximate surface area is 171 Å². The minimum Gasteiger partial charge on any atom is -0.449 e. The summed E-state index contributed by atoms with van der Waals surface area (Å²) < 4.78 is 73.6. The van der Waals surface area contributed by atoms with Crippen LogP contribution in [0.3, 0.4) is 0 Å². The SMILES string of the molecule is Cc1c(I)c(C)c(S(=O)(=O)F)c(C)c1C[B-](F)(F)F.[K+]. The molecule has 0 saturated heterocycles. The van der Waals surface area contributed by atoms with Crippen molar-refractivity contribution in [1.82, 2.24) is 0 Å². The van der Waals surface area contributed by atoms with Crippen LogP contribution in [0.15, 0.2) is 4.90 Å². The molecular weight excluding hydrogens is 437 g/mol. The second-order valence-corrected chi connectivity index (χ2v) is 6.71. The summed E-state index contributed by atoms with van der Waals surface area (Å²) in [5, 5.41) is 0. The van der Waals surface area contributed by atoms with Crippen LogP contribution < -0.4 is 51.4 Å². The maximum Gasteiger partial charge on any atom is 1.00 e. The van der Waals surface area contributed by atoms with Crippen LogP contribution in [0.5, 0.6) is 0 Å². The van der Waals surface area contributed by atoms with Gasteiger partial charge in [-0.15, -0.1) is 3.89 Å². The first-order valence-electron chi connectivity index (χ1n) is 5.30. The molecule has 0 unspecified atom stereocenters. The van der Waals surface area contributed by atoms with Crippen molar-refractivity contribution in [3.05, 3.63) is 25.8 Å². The summed E-state index contributed by atoms with van der Waals surface area (Å²) in [7, 11) is -5.05. The standard InChI is InChI=1S/C10H11BF4IO2S.K/c1-5-8(4-11(12,13)14)6(2)10(19(15,17)18)7(3)9(5)16;/h4H2,1-3H3;/q-1;+1. The Morgan fingerprint density at radius 1 is 1.05 bits per heavy atom. The van der Waals surface area contributed by atoms with Crippen molar-refractivity contribution in [3.63, 3.8) is 0 Å². The van der Waals surface area contributed by atoms with Gasteiger partial charge in [-0.3, -0.25) is 0 Å². The molecule has 2 nitrogen and oxygen atoms in total. The van der Waals surface area contributed by atoms with Crippen molar-refractivity contribution < 1.29 is 76.6 Å². The van der Waals surface area contributed by atoms with Gasteiger partial charge in [0.05, 0.1) is 0 Å². The average molecular weight is 448 g/mol. The van der Waals surface area contributed by atoms with Crippen LogP contribution in [0.2, 0.25) is 0 Å². The molecule has 1 aromatic rings. The van der Waals surface area contributed by atoms with Crippen molar-refractivity contribution in [2.45, 2.75) is 32.0 Å². The summed E-state index contributed by atoms with van der Waals surface area (Å²) in [6.45, 7) is -1.05. The molecule has 10 heteroatoms. The van der Waals surface area contributed by atoms with E-state index in [1.54, 1.807) is 22.6 Å². The molecule has 0 heterocycles. The molecule has 0 spiro atoms. The summed E-state index contributed by atoms with van der Waals surface area (Å²) in [6.07, 6.45) is -1.21. The van der Waals surface area contributed by atoms with E-state index in [1.165, 1.54) is 20.8 Å². The van der Waals surface area contributed by atoms with E-state index in [-0.39, 0.29) is 68.1 Å². The molecule has 0 aliphatic rings. The fraction of sp³-hybridized carbons (Fsp3) is 0.400. The van der Waals surface area contributed by atoms with Crippen molar-refractivity contribution in [2.24, 2.45) is 0 Å². The Hall–Kier alpha value is 1.32. The molecule has 1 rings (SSSR count). The molecule has 0 bridgehead atoms. The van der Waals surface area contributed by atoms with E-state index in [9.17, 15) is 25.3 Å². The van der Waals surface area contributed by atoms with Gasteiger partial charge in [-0.1, -0.05) is 11.9 Å². The first-order chi connectivity index (χ1) is 8.36. The van der Waals surface area contributed by atoms with Crippen LogP contribution in [0.1, 0.15) is 22.3 Å². The van der Waals surface area contributed by atoms with Crippen molar-refractivity contribution in [2.75, 3.05) is 0 Å². The zero-order valence-electron chi connectivity index (χ0n) is 11.4. The Bertz CT molecular complexity index is 631. The molecule has 20 heavy (non-hydrogen) atoms. The van der Waals surface area contributed by atoms with E-state index >= 15 is 0 Å². The summed E-state index contributed by atoms with van der Waals surface area (Å²) in [5.74, 6) is 0. The second kappa shape index (κ2) is 7.26. The molecule has 0 aliphatic carbocycles. The number of benzene rings is 1. The van der Waals surface area contributed by atoms with Gasteiger partial charge in [-0.2, -0.15) is 8.42 Å². The van der Waals surface area contributed by atoms with E-state index in [4.69, 9.17) is 0 Å². The molecule has 0 N–H and O–H groups in total. The monoisotopic (exact) mass is 448 g/mol. The number of hydrogen-bond donors (Lipinski definition) is 0. The van der Waals surface area contributed by atoms with Crippen LogP contribution in [0.25, 0.3) is 0 Å². The van der Waals surface area contributed by atoms with E-state index in [1.807, 2.05) is 0 Å². The van der Waals surface area contributed by atoms with Gasteiger partial charge in [-0.25, -0.2) is 0 Å². The van der Waals surface area contributed by atoms with Crippen LogP contribution in [-0.4, -0.2) is 15.4 Å². The van der Waals surface area contributed by atoms with E-state index in [0.29, 0.717) is 9.13 Å². The molecule has 1 aromatic carbocycles. The second-order valence-electron chi connectivity index (χ2n) is 4.35. The van der Waals surface area contributed by atoms with E-state index < -0.39 is 28.4 Å². The topological polar surface area (TPSA) is 34.1 Å². The Morgan fingerprint density at radius 3 is 1.85 bits per heavy atom. The van der Waals surface area contributed by atoms with Crippen LogP contribution in [0, 0.1) is 24.3 Å². The molecule has 0 aliphatic heterocycles. The maximum atomic E-state index is 13.3. The normalized spacial score (nSPS) is 12.2. The molecule has 0 radical (unpaired) electrons. The summed E-state index contributed by atoms with van der Waals surface area (Å²) >= 11 is 1.74. The molecule has 0 fully saturated rings. The first-order valence-corrected chi connectivity index (χ1v) is 7.76. The summed E-state index contributed by atoms with van der Waals surface area (Å²) in [5.41, 5.74) is 0.189. The average Bonchev–Trinajstić information content (AvgIpc) is 2.18. The Balaban J connectivity index is 0.00000361. The minimum atomic E-state index is -5.12. The quantitative estimate of drug-likeness (QED) is 0.297. The fourth-order valence-corrected chi connectivity index (χ4v) is 3.85. The molecule has 108 valence electrons. The molecule has 0 saturated carbocycles. The Kier molecular flexibility index (Phi) is 7.74. The molecular formula is C10H11BF4IKO2S. The fourth-order valence-electron chi connectivity index (χ4n) is 2.12. The van der Waals surface area contributed by atoms with Gasteiger partial charge in [-0.05, 0) is 60.1 Å². The third-order valence-corrected chi connectivity index (χ3v) is 5.64. The number of hydrogen-bond acceptors (Lipinski definition) is 2. The van der Waals surface area contributed by atoms with Crippen LogP contribution >= 0.6 is 22.6 Å². The summed E-state index contributed by atoms with van der Waals surface area (Å²) in [6, 6.07) is 0. The van der Waals surface area contributed by atoms with E-state index in [2.05, 4.69) is 0 Å². The largest absolute Gasteiger partial charge is 1.00 e. The molecule has 0 atom stereocenters. The van der Waals surface area contributed by atoms with Gasteiger partial charge < -0.3 is 12.9 Å². The van der Waals surface area contributed by atoms with Crippen molar-refractivity contribution in [3.8, 4) is 0 Å². The van der Waals surface area contributed by atoms with Crippen LogP contribution in [-0.2, 0) is 16.5 Å². The van der Waals surface area contributed by atoms with Gasteiger partial charge in [0.15, 0.2) is 0 Å². The molecule has 0 amide bonds. The third kappa shape index (κ3) is 4.92. The van der Waals surface area contributed by atoms with Gasteiger partial charge in [0, 0.05) is 3.57 Å². The first kappa shape index (κ1) is 21.3. The smallest absolute Gasteiger partial charge is 0.449 e. The van der Waals surface area contributed by atoms with Gasteiger partial charge in [0.25, 0.3) is 0 Å². The van der Waals surface area contributed by atoms with Crippen LogP contribution in [0.4, 0.5) is 16.8 Å². The Morgan fingerprint density at radius 2 is 1.50 bits per heavy atom. The number of halogens is 5. The van der Waals surface area contributed by atoms with Gasteiger partial charge in [0.1, 0.15) is 4.90 Å². The minimum absolute atomic E-state index is 0. The van der Waals surface area contributed by atoms with Gasteiger partial charge >= 0.3 is 68.6 Å². The zero-order valence-corrected chi connectivity index (χ0v) is 17.5. The predicted octanol–water partition coefficient (Wildman–Crippen LogP) is 0.808. The molecule has 0 aromatic heterocycles. The predicted molar refractivity (Wildman–Crippen MR) is 74.4 cm³/mol. The van der Waals surface area contributed by atoms with Gasteiger partial charge in [0.2, 0.25) is 0 Å². The maximum absolute atomic E-state index is 13.3. The van der Waals surface area contributed by atoms with Crippen molar-refractivity contribution in [1.29, 1.82) is 0 Å². The van der Waals surface area contributed by atoms with Crippen molar-refractivity contribution >= 4 is 39.8 Å².